The minimum absolute atomic E-state index is 0.114. The van der Waals surface area contributed by atoms with Crippen molar-refractivity contribution in [3.05, 3.63) is 65.5 Å². The SMILES string of the molecule is CC(C)c1ccc(Oc2ccc3cc(C(=O)O)nc(CC4CCCC4)c3c2)cc1. The number of ether oxygens (including phenoxy) is 1. The molecule has 29 heavy (non-hydrogen) atoms. The van der Waals surface area contributed by atoms with Crippen molar-refractivity contribution in [1.82, 2.24) is 4.98 Å². The van der Waals surface area contributed by atoms with E-state index >= 15 is 0 Å². The maximum atomic E-state index is 11.5. The highest BCUT2D eigenvalue weighted by Gasteiger charge is 2.19. The number of carbonyl (C=O) groups is 1. The van der Waals surface area contributed by atoms with Gasteiger partial charge in [-0.15, -0.1) is 0 Å². The summed E-state index contributed by atoms with van der Waals surface area (Å²) in [6, 6.07) is 15.6. The van der Waals surface area contributed by atoms with Crippen LogP contribution in [0.25, 0.3) is 10.8 Å². The van der Waals surface area contributed by atoms with E-state index in [1.807, 2.05) is 30.3 Å². The van der Waals surface area contributed by atoms with E-state index in [1.165, 1.54) is 31.2 Å². The number of rotatable bonds is 6. The monoisotopic (exact) mass is 389 g/mol. The molecule has 0 atom stereocenters. The van der Waals surface area contributed by atoms with Gasteiger partial charge in [-0.3, -0.25) is 0 Å². The highest BCUT2D eigenvalue weighted by Crippen LogP contribution is 2.33. The van der Waals surface area contributed by atoms with Crippen LogP contribution in [0.5, 0.6) is 11.5 Å². The second-order valence-electron chi connectivity index (χ2n) is 8.32. The Balaban J connectivity index is 1.67. The Morgan fingerprint density at radius 3 is 2.41 bits per heavy atom. The molecule has 4 rings (SSSR count). The Hall–Kier alpha value is -2.88. The molecule has 4 nitrogen and oxygen atoms in total. The Labute approximate surface area is 171 Å². The van der Waals surface area contributed by atoms with Gasteiger partial charge in [-0.2, -0.15) is 0 Å². The molecule has 1 saturated carbocycles. The fourth-order valence-corrected chi connectivity index (χ4v) is 4.17. The van der Waals surface area contributed by atoms with E-state index in [-0.39, 0.29) is 5.69 Å². The van der Waals surface area contributed by atoms with Crippen LogP contribution >= 0.6 is 0 Å². The second kappa shape index (κ2) is 8.24. The summed E-state index contributed by atoms with van der Waals surface area (Å²) in [5.74, 6) is 1.62. The maximum absolute atomic E-state index is 11.5. The van der Waals surface area contributed by atoms with Crippen molar-refractivity contribution >= 4 is 16.7 Å². The van der Waals surface area contributed by atoms with Crippen LogP contribution in [-0.4, -0.2) is 16.1 Å². The third kappa shape index (κ3) is 4.42. The quantitative estimate of drug-likeness (QED) is 0.517. The van der Waals surface area contributed by atoms with Gasteiger partial charge in [-0.25, -0.2) is 9.78 Å². The topological polar surface area (TPSA) is 59.4 Å². The highest BCUT2D eigenvalue weighted by atomic mass is 16.5. The lowest BCUT2D eigenvalue weighted by atomic mass is 9.97. The van der Waals surface area contributed by atoms with E-state index in [1.54, 1.807) is 6.07 Å². The van der Waals surface area contributed by atoms with Gasteiger partial charge in [0.1, 0.15) is 17.2 Å². The highest BCUT2D eigenvalue weighted by molar-refractivity contribution is 5.94. The molecule has 4 heteroatoms. The smallest absolute Gasteiger partial charge is 0.354 e. The van der Waals surface area contributed by atoms with E-state index in [0.717, 1.165) is 34.4 Å². The summed E-state index contributed by atoms with van der Waals surface area (Å²) >= 11 is 0. The molecule has 1 fully saturated rings. The van der Waals surface area contributed by atoms with Crippen molar-refractivity contribution in [3.63, 3.8) is 0 Å². The van der Waals surface area contributed by atoms with Crippen LogP contribution in [0.4, 0.5) is 0 Å². The van der Waals surface area contributed by atoms with Crippen LogP contribution in [0, 0.1) is 5.92 Å². The molecule has 0 saturated heterocycles. The average molecular weight is 389 g/mol. The lowest BCUT2D eigenvalue weighted by Gasteiger charge is -2.14. The van der Waals surface area contributed by atoms with Gasteiger partial charge in [-0.1, -0.05) is 57.7 Å². The van der Waals surface area contributed by atoms with E-state index in [4.69, 9.17) is 4.74 Å². The largest absolute Gasteiger partial charge is 0.477 e. The number of carboxylic acids is 1. The van der Waals surface area contributed by atoms with Gasteiger partial charge < -0.3 is 9.84 Å². The number of hydrogen-bond acceptors (Lipinski definition) is 3. The number of aromatic nitrogens is 1. The second-order valence-corrected chi connectivity index (χ2v) is 8.32. The molecule has 150 valence electrons. The standard InChI is InChI=1S/C25H27NO3/c1-16(2)18-7-10-20(11-8-18)29-21-12-9-19-14-24(25(27)28)26-23(22(19)15-21)13-17-5-3-4-6-17/h7-12,14-17H,3-6,13H2,1-2H3,(H,27,28). The number of fused-ring (bicyclic) bond motifs is 1. The van der Waals surface area contributed by atoms with Gasteiger partial charge in [0.25, 0.3) is 0 Å². The van der Waals surface area contributed by atoms with Crippen LogP contribution in [0.15, 0.2) is 48.5 Å². The van der Waals surface area contributed by atoms with Crippen molar-refractivity contribution in [2.75, 3.05) is 0 Å². The zero-order valence-electron chi connectivity index (χ0n) is 17.0. The molecule has 1 aromatic heterocycles. The third-order valence-electron chi connectivity index (χ3n) is 5.84. The van der Waals surface area contributed by atoms with Crippen LogP contribution in [0.2, 0.25) is 0 Å². The fourth-order valence-electron chi connectivity index (χ4n) is 4.17. The lowest BCUT2D eigenvalue weighted by Crippen LogP contribution is -2.07. The van der Waals surface area contributed by atoms with Gasteiger partial charge >= 0.3 is 5.97 Å². The summed E-state index contributed by atoms with van der Waals surface area (Å²) in [5, 5.41) is 11.3. The first-order valence-corrected chi connectivity index (χ1v) is 10.4. The molecule has 0 aliphatic heterocycles. The maximum Gasteiger partial charge on any atom is 0.354 e. The Morgan fingerprint density at radius 1 is 1.07 bits per heavy atom. The van der Waals surface area contributed by atoms with Crippen molar-refractivity contribution in [2.45, 2.75) is 51.9 Å². The Morgan fingerprint density at radius 2 is 1.76 bits per heavy atom. The minimum atomic E-state index is -0.981. The molecule has 2 aromatic carbocycles. The Kier molecular flexibility index (Phi) is 5.52. The normalized spacial score (nSPS) is 14.6. The minimum Gasteiger partial charge on any atom is -0.477 e. The first-order chi connectivity index (χ1) is 14.0. The van der Waals surface area contributed by atoms with Gasteiger partial charge in [0, 0.05) is 11.1 Å². The number of aromatic carboxylic acids is 1. The molecule has 1 N–H and O–H groups in total. The molecule has 0 bridgehead atoms. The zero-order chi connectivity index (χ0) is 20.4. The summed E-state index contributed by atoms with van der Waals surface area (Å²) in [5.41, 5.74) is 2.26. The predicted molar refractivity (Wildman–Crippen MR) is 115 cm³/mol. The van der Waals surface area contributed by atoms with Crippen molar-refractivity contribution < 1.29 is 14.6 Å². The van der Waals surface area contributed by atoms with Gasteiger partial charge in [-0.05, 0) is 59.5 Å². The van der Waals surface area contributed by atoms with Gasteiger partial charge in [0.05, 0.1) is 0 Å². The van der Waals surface area contributed by atoms with Crippen LogP contribution < -0.4 is 4.74 Å². The molecule has 1 aliphatic carbocycles. The average Bonchev–Trinajstić information content (AvgIpc) is 3.21. The van der Waals surface area contributed by atoms with Gasteiger partial charge in [0.15, 0.2) is 0 Å². The molecular weight excluding hydrogens is 362 g/mol. The van der Waals surface area contributed by atoms with E-state index in [0.29, 0.717) is 11.8 Å². The molecule has 1 heterocycles. The number of pyridine rings is 1. The predicted octanol–water partition coefficient (Wildman–Crippen LogP) is 6.58. The Bertz CT molecular complexity index is 1020. The van der Waals surface area contributed by atoms with Crippen LogP contribution in [0.1, 0.15) is 67.2 Å². The molecule has 3 aromatic rings. The molecular formula is C25H27NO3. The lowest BCUT2D eigenvalue weighted by molar-refractivity contribution is 0.0690. The number of hydrogen-bond donors (Lipinski definition) is 1. The molecule has 0 radical (unpaired) electrons. The summed E-state index contributed by atoms with van der Waals surface area (Å²) in [6.07, 6.45) is 5.71. The molecule has 0 unspecified atom stereocenters. The summed E-state index contributed by atoms with van der Waals surface area (Å²) in [4.78, 5) is 16.0. The summed E-state index contributed by atoms with van der Waals surface area (Å²) in [7, 11) is 0. The third-order valence-corrected chi connectivity index (χ3v) is 5.84. The number of benzene rings is 2. The summed E-state index contributed by atoms with van der Waals surface area (Å²) in [6.45, 7) is 4.34. The van der Waals surface area contributed by atoms with Crippen molar-refractivity contribution in [1.29, 1.82) is 0 Å². The zero-order valence-corrected chi connectivity index (χ0v) is 17.0. The molecule has 0 amide bonds. The first-order valence-electron chi connectivity index (χ1n) is 10.4. The van der Waals surface area contributed by atoms with Gasteiger partial charge in [0.2, 0.25) is 0 Å². The van der Waals surface area contributed by atoms with E-state index in [9.17, 15) is 9.90 Å². The van der Waals surface area contributed by atoms with Crippen molar-refractivity contribution in [3.8, 4) is 11.5 Å². The molecule has 0 spiro atoms. The summed E-state index contributed by atoms with van der Waals surface area (Å²) < 4.78 is 6.08. The van der Waals surface area contributed by atoms with Crippen molar-refractivity contribution in [2.24, 2.45) is 5.92 Å². The fraction of sp³-hybridized carbons (Fsp3) is 0.360. The van der Waals surface area contributed by atoms with E-state index < -0.39 is 5.97 Å². The number of nitrogens with zero attached hydrogens (tertiary/aromatic N) is 1. The van der Waals surface area contributed by atoms with Crippen LogP contribution in [-0.2, 0) is 6.42 Å². The first kappa shape index (κ1) is 19.4. The van der Waals surface area contributed by atoms with Crippen LogP contribution in [0.3, 0.4) is 0 Å². The molecule has 1 aliphatic rings. The number of carboxylic acid groups (broad SMARTS) is 1. The van der Waals surface area contributed by atoms with E-state index in [2.05, 4.69) is 31.0 Å².